The van der Waals surface area contributed by atoms with Gasteiger partial charge in [-0.25, -0.2) is 0 Å². The normalized spacial score (nSPS) is 23.7. The van der Waals surface area contributed by atoms with E-state index in [0.717, 1.165) is 28.9 Å². The first-order valence-electron chi connectivity index (χ1n) is 6.26. The van der Waals surface area contributed by atoms with Crippen LogP contribution in [0.1, 0.15) is 32.6 Å². The van der Waals surface area contributed by atoms with E-state index in [-0.39, 0.29) is 10.6 Å². The average Bonchev–Trinajstić information content (AvgIpc) is 2.34. The Morgan fingerprint density at radius 2 is 2.00 bits per heavy atom. The van der Waals surface area contributed by atoms with Gasteiger partial charge in [-0.2, -0.15) is 0 Å². The molecule has 1 aromatic carbocycles. The first kappa shape index (κ1) is 13.3. The van der Waals surface area contributed by atoms with Crippen LogP contribution in [-0.2, 0) is 0 Å². The minimum atomic E-state index is -0.361. The lowest BCUT2D eigenvalue weighted by Gasteiger charge is -2.28. The quantitative estimate of drug-likeness (QED) is 0.667. The molecule has 0 atom stereocenters. The second-order valence-corrected chi connectivity index (χ2v) is 5.88. The van der Waals surface area contributed by atoms with Crippen LogP contribution in [0.4, 0.5) is 11.4 Å². The number of hydrogen-bond acceptors (Lipinski definition) is 3. The maximum Gasteiger partial charge on any atom is 0.271 e. The Balaban J connectivity index is 2.08. The molecule has 1 aliphatic carbocycles. The van der Waals surface area contributed by atoms with Crippen LogP contribution in [0, 0.1) is 16.0 Å². The van der Waals surface area contributed by atoms with E-state index >= 15 is 0 Å². The molecule has 0 radical (unpaired) electrons. The Bertz CT molecular complexity index is 443. The van der Waals surface area contributed by atoms with Crippen molar-refractivity contribution in [3.63, 3.8) is 0 Å². The Hall–Kier alpha value is -1.10. The minimum Gasteiger partial charge on any atom is -0.381 e. The maximum atomic E-state index is 10.8. The zero-order valence-electron chi connectivity index (χ0n) is 10.4. The van der Waals surface area contributed by atoms with Crippen LogP contribution in [0.5, 0.6) is 0 Å². The number of nitrogens with one attached hydrogen (secondary N) is 1. The number of halogens is 1. The summed E-state index contributed by atoms with van der Waals surface area (Å²) in [5.74, 6) is 0.802. The van der Waals surface area contributed by atoms with E-state index < -0.39 is 0 Å². The Labute approximate surface area is 115 Å². The molecule has 18 heavy (non-hydrogen) atoms. The summed E-state index contributed by atoms with van der Waals surface area (Å²) in [6.45, 7) is 2.28. The van der Waals surface area contributed by atoms with Gasteiger partial charge in [0.15, 0.2) is 0 Å². The van der Waals surface area contributed by atoms with Crippen molar-refractivity contribution in [3.05, 3.63) is 32.8 Å². The van der Waals surface area contributed by atoms with Gasteiger partial charge in [0, 0.05) is 22.6 Å². The standard InChI is InChI=1S/C13H17BrN2O2/c1-9-2-4-10(5-3-9)15-13-8-11(16(17)18)6-7-12(13)14/h6-10,15H,2-5H2,1H3. The number of nitrogens with zero attached hydrogens (tertiary/aromatic N) is 1. The third-order valence-electron chi connectivity index (χ3n) is 3.54. The van der Waals surface area contributed by atoms with E-state index in [1.165, 1.54) is 18.9 Å². The van der Waals surface area contributed by atoms with Crippen LogP contribution in [0.2, 0.25) is 0 Å². The molecule has 0 aromatic heterocycles. The lowest BCUT2D eigenvalue weighted by atomic mass is 9.87. The molecule has 1 aliphatic rings. The van der Waals surface area contributed by atoms with E-state index in [1.54, 1.807) is 12.1 Å². The van der Waals surface area contributed by atoms with Crippen molar-refractivity contribution in [1.29, 1.82) is 0 Å². The second-order valence-electron chi connectivity index (χ2n) is 5.02. The van der Waals surface area contributed by atoms with Gasteiger partial charge in [-0.1, -0.05) is 6.92 Å². The number of nitro groups is 1. The number of non-ortho nitro benzene ring substituents is 1. The highest BCUT2D eigenvalue weighted by molar-refractivity contribution is 9.10. The summed E-state index contributed by atoms with van der Waals surface area (Å²) in [7, 11) is 0. The van der Waals surface area contributed by atoms with Gasteiger partial charge in [0.2, 0.25) is 0 Å². The molecule has 0 bridgehead atoms. The van der Waals surface area contributed by atoms with Gasteiger partial charge in [0.05, 0.1) is 10.6 Å². The second kappa shape index (κ2) is 5.69. The SMILES string of the molecule is CC1CCC(Nc2cc([N+](=O)[O-])ccc2Br)CC1. The van der Waals surface area contributed by atoms with E-state index in [2.05, 4.69) is 28.2 Å². The van der Waals surface area contributed by atoms with Crippen LogP contribution in [0.3, 0.4) is 0 Å². The molecule has 1 N–H and O–H groups in total. The number of nitro benzene ring substituents is 1. The zero-order chi connectivity index (χ0) is 13.1. The Morgan fingerprint density at radius 3 is 2.61 bits per heavy atom. The van der Waals surface area contributed by atoms with Gasteiger partial charge in [-0.3, -0.25) is 10.1 Å². The third-order valence-corrected chi connectivity index (χ3v) is 4.23. The van der Waals surface area contributed by atoms with Gasteiger partial charge in [0.25, 0.3) is 5.69 Å². The number of benzene rings is 1. The van der Waals surface area contributed by atoms with Crippen molar-refractivity contribution < 1.29 is 4.92 Å². The van der Waals surface area contributed by atoms with Gasteiger partial charge < -0.3 is 5.32 Å². The van der Waals surface area contributed by atoms with E-state index in [1.807, 2.05) is 0 Å². The van der Waals surface area contributed by atoms with Crippen molar-refractivity contribution in [3.8, 4) is 0 Å². The summed E-state index contributed by atoms with van der Waals surface area (Å²) in [5.41, 5.74) is 0.952. The number of rotatable bonds is 3. The van der Waals surface area contributed by atoms with E-state index in [9.17, 15) is 10.1 Å². The molecule has 0 unspecified atom stereocenters. The van der Waals surface area contributed by atoms with Crippen molar-refractivity contribution >= 4 is 27.3 Å². The predicted octanol–water partition coefficient (Wildman–Crippen LogP) is 4.35. The Kier molecular flexibility index (Phi) is 4.22. The molecule has 98 valence electrons. The Morgan fingerprint density at radius 1 is 1.33 bits per heavy atom. The summed E-state index contributed by atoms with van der Waals surface area (Å²) in [4.78, 5) is 10.4. The van der Waals surface area contributed by atoms with Crippen LogP contribution < -0.4 is 5.32 Å². The van der Waals surface area contributed by atoms with Crippen molar-refractivity contribution in [1.82, 2.24) is 0 Å². The molecular formula is C13H17BrN2O2. The summed E-state index contributed by atoms with van der Waals surface area (Å²) < 4.78 is 0.881. The monoisotopic (exact) mass is 312 g/mol. The molecule has 0 heterocycles. The largest absolute Gasteiger partial charge is 0.381 e. The molecular weight excluding hydrogens is 296 g/mol. The molecule has 0 aliphatic heterocycles. The van der Waals surface area contributed by atoms with Crippen molar-refractivity contribution in [2.75, 3.05) is 5.32 Å². The highest BCUT2D eigenvalue weighted by atomic mass is 79.9. The van der Waals surface area contributed by atoms with Gasteiger partial charge >= 0.3 is 0 Å². The topological polar surface area (TPSA) is 55.2 Å². The summed E-state index contributed by atoms with van der Waals surface area (Å²) >= 11 is 3.43. The number of hydrogen-bond donors (Lipinski definition) is 1. The van der Waals surface area contributed by atoms with E-state index in [4.69, 9.17) is 0 Å². The number of anilines is 1. The lowest BCUT2D eigenvalue weighted by molar-refractivity contribution is -0.384. The van der Waals surface area contributed by atoms with Crippen molar-refractivity contribution in [2.45, 2.75) is 38.6 Å². The molecule has 1 fully saturated rings. The summed E-state index contributed by atoms with van der Waals surface area (Å²) in [6.07, 6.45) is 4.72. The predicted molar refractivity (Wildman–Crippen MR) is 75.8 cm³/mol. The first-order chi connectivity index (χ1) is 8.56. The molecule has 0 saturated heterocycles. The third kappa shape index (κ3) is 3.22. The highest BCUT2D eigenvalue weighted by Gasteiger charge is 2.19. The smallest absolute Gasteiger partial charge is 0.271 e. The van der Waals surface area contributed by atoms with Gasteiger partial charge in [-0.05, 0) is 53.6 Å². The molecule has 5 heteroatoms. The lowest BCUT2D eigenvalue weighted by Crippen LogP contribution is -2.25. The first-order valence-corrected chi connectivity index (χ1v) is 7.06. The van der Waals surface area contributed by atoms with Crippen molar-refractivity contribution in [2.24, 2.45) is 5.92 Å². The van der Waals surface area contributed by atoms with Crippen LogP contribution >= 0.6 is 15.9 Å². The van der Waals surface area contributed by atoms with Crippen LogP contribution in [0.25, 0.3) is 0 Å². The zero-order valence-corrected chi connectivity index (χ0v) is 11.9. The molecule has 1 saturated carbocycles. The highest BCUT2D eigenvalue weighted by Crippen LogP contribution is 2.31. The maximum absolute atomic E-state index is 10.8. The van der Waals surface area contributed by atoms with E-state index in [0.29, 0.717) is 6.04 Å². The molecule has 0 spiro atoms. The fraction of sp³-hybridized carbons (Fsp3) is 0.538. The molecule has 2 rings (SSSR count). The molecule has 0 amide bonds. The summed E-state index contributed by atoms with van der Waals surface area (Å²) in [6, 6.07) is 5.27. The fourth-order valence-corrected chi connectivity index (χ4v) is 2.72. The minimum absolute atomic E-state index is 0.130. The van der Waals surface area contributed by atoms with Gasteiger partial charge in [0.1, 0.15) is 0 Å². The van der Waals surface area contributed by atoms with Gasteiger partial charge in [-0.15, -0.1) is 0 Å². The summed E-state index contributed by atoms with van der Waals surface area (Å²) in [5, 5.41) is 14.2. The fourth-order valence-electron chi connectivity index (χ4n) is 2.36. The molecule has 4 nitrogen and oxygen atoms in total. The average molecular weight is 313 g/mol. The van der Waals surface area contributed by atoms with Crippen LogP contribution in [-0.4, -0.2) is 11.0 Å². The molecule has 1 aromatic rings. The van der Waals surface area contributed by atoms with Crippen LogP contribution in [0.15, 0.2) is 22.7 Å².